The van der Waals surface area contributed by atoms with Gasteiger partial charge in [-0.3, -0.25) is 9.78 Å². The van der Waals surface area contributed by atoms with Gasteiger partial charge in [-0.2, -0.15) is 5.26 Å². The highest BCUT2D eigenvalue weighted by atomic mass is 35.5. The van der Waals surface area contributed by atoms with Gasteiger partial charge in [-0.25, -0.2) is 4.98 Å². The van der Waals surface area contributed by atoms with E-state index in [4.69, 9.17) is 21.6 Å². The monoisotopic (exact) mass is 413 g/mol. The molecular formula is C21H24ClN5O2. The van der Waals surface area contributed by atoms with E-state index < -0.39 is 0 Å². The molecule has 0 unspecified atom stereocenters. The zero-order valence-corrected chi connectivity index (χ0v) is 17.3. The lowest BCUT2D eigenvalue weighted by molar-refractivity contribution is -0.105. The quantitative estimate of drug-likeness (QED) is 0.570. The van der Waals surface area contributed by atoms with Crippen molar-refractivity contribution in [2.45, 2.75) is 26.7 Å². The summed E-state index contributed by atoms with van der Waals surface area (Å²) < 4.78 is 5.20. The molecule has 1 aliphatic rings. The molecule has 0 bridgehead atoms. The molecule has 0 aliphatic carbocycles. The maximum atomic E-state index is 10.1. The van der Waals surface area contributed by atoms with Gasteiger partial charge in [0.05, 0.1) is 18.5 Å². The third-order valence-corrected chi connectivity index (χ3v) is 4.52. The van der Waals surface area contributed by atoms with Crippen molar-refractivity contribution in [1.82, 2.24) is 14.9 Å². The summed E-state index contributed by atoms with van der Waals surface area (Å²) >= 11 is 5.77. The van der Waals surface area contributed by atoms with E-state index in [9.17, 15) is 4.79 Å². The molecule has 2 aromatic heterocycles. The fraction of sp³-hybridized carbons (Fsp3) is 0.333. The molecular weight excluding hydrogens is 390 g/mol. The summed E-state index contributed by atoms with van der Waals surface area (Å²) in [6.07, 6.45) is 10.1. The van der Waals surface area contributed by atoms with Crippen molar-refractivity contribution < 1.29 is 9.53 Å². The predicted molar refractivity (Wildman–Crippen MR) is 113 cm³/mol. The number of halogens is 1. The summed E-state index contributed by atoms with van der Waals surface area (Å²) in [6.45, 7) is 6.01. The van der Waals surface area contributed by atoms with Gasteiger partial charge in [-0.1, -0.05) is 30.7 Å². The normalized spacial score (nSPS) is 12.8. The van der Waals surface area contributed by atoms with Gasteiger partial charge in [0.2, 0.25) is 6.41 Å². The van der Waals surface area contributed by atoms with Crippen molar-refractivity contribution >= 4 is 29.4 Å². The number of aromatic nitrogens is 2. The summed E-state index contributed by atoms with van der Waals surface area (Å²) in [4.78, 5) is 20.2. The molecule has 29 heavy (non-hydrogen) atoms. The van der Waals surface area contributed by atoms with Gasteiger partial charge in [0.15, 0.2) is 6.19 Å². The maximum Gasteiger partial charge on any atom is 0.212 e. The maximum absolute atomic E-state index is 10.1. The van der Waals surface area contributed by atoms with Gasteiger partial charge >= 0.3 is 0 Å². The number of carbonyl (C=O) groups excluding carboxylic acids is 1. The minimum atomic E-state index is 0.419. The minimum Gasteiger partial charge on any atom is -0.492 e. The third-order valence-electron chi connectivity index (χ3n) is 4.24. The Hall–Kier alpha value is -3.11. The van der Waals surface area contributed by atoms with Gasteiger partial charge in [0.25, 0.3) is 0 Å². The Morgan fingerprint density at radius 2 is 2.17 bits per heavy atom. The van der Waals surface area contributed by atoms with Crippen LogP contribution in [-0.4, -0.2) is 41.0 Å². The van der Waals surface area contributed by atoms with Crippen molar-refractivity contribution in [2.75, 3.05) is 25.0 Å². The smallest absolute Gasteiger partial charge is 0.212 e. The molecule has 0 saturated heterocycles. The molecule has 0 saturated carbocycles. The number of hydrogen-bond donors (Lipinski definition) is 1. The lowest BCUT2D eigenvalue weighted by atomic mass is 10.0. The Kier molecular flexibility index (Phi) is 8.93. The first-order valence-electron chi connectivity index (χ1n) is 9.38. The van der Waals surface area contributed by atoms with Crippen LogP contribution in [0.5, 0.6) is 5.75 Å². The minimum absolute atomic E-state index is 0.419. The van der Waals surface area contributed by atoms with Gasteiger partial charge < -0.3 is 15.0 Å². The molecule has 2 aromatic rings. The Bertz CT molecular complexity index is 878. The molecule has 3 heterocycles. The van der Waals surface area contributed by atoms with Gasteiger partial charge in [0, 0.05) is 25.4 Å². The van der Waals surface area contributed by atoms with Crippen LogP contribution in [-0.2, 0) is 11.2 Å². The average molecular weight is 414 g/mol. The molecule has 0 radical (unpaired) electrons. The summed E-state index contributed by atoms with van der Waals surface area (Å²) in [6, 6.07) is 5.77. The third kappa shape index (κ3) is 6.77. The fourth-order valence-corrected chi connectivity index (χ4v) is 2.80. The van der Waals surface area contributed by atoms with Crippen LogP contribution >= 0.6 is 11.6 Å². The average Bonchev–Trinajstić information content (AvgIpc) is 2.77. The van der Waals surface area contributed by atoms with E-state index in [-0.39, 0.29) is 0 Å². The van der Waals surface area contributed by atoms with E-state index in [0.717, 1.165) is 25.1 Å². The Morgan fingerprint density at radius 3 is 2.72 bits per heavy atom. The number of aryl methyl sites for hydroxylation is 1. The molecule has 0 atom stereocenters. The van der Waals surface area contributed by atoms with Crippen LogP contribution < -0.4 is 10.1 Å². The first-order valence-corrected chi connectivity index (χ1v) is 9.76. The van der Waals surface area contributed by atoms with Crippen molar-refractivity contribution in [3.05, 3.63) is 52.9 Å². The van der Waals surface area contributed by atoms with E-state index in [1.165, 1.54) is 17.3 Å². The molecule has 1 N–H and O–H groups in total. The highest BCUT2D eigenvalue weighted by Crippen LogP contribution is 2.25. The van der Waals surface area contributed by atoms with Gasteiger partial charge in [0.1, 0.15) is 16.6 Å². The zero-order chi connectivity index (χ0) is 21.1. The van der Waals surface area contributed by atoms with Crippen molar-refractivity contribution in [3.63, 3.8) is 0 Å². The Balaban J connectivity index is 0.000000212. The van der Waals surface area contributed by atoms with Crippen LogP contribution in [0.15, 0.2) is 36.7 Å². The number of nitriles is 1. The molecule has 8 heteroatoms. The number of nitrogens with zero attached hydrogens (tertiary/aromatic N) is 4. The topological polar surface area (TPSA) is 91.1 Å². The molecule has 3 rings (SSSR count). The van der Waals surface area contributed by atoms with Crippen molar-refractivity contribution in [2.24, 2.45) is 0 Å². The molecule has 7 nitrogen and oxygen atoms in total. The Labute approximate surface area is 176 Å². The number of hydrogen-bond acceptors (Lipinski definition) is 6. The van der Waals surface area contributed by atoms with E-state index in [0.29, 0.717) is 36.2 Å². The first kappa shape index (κ1) is 22.2. The standard InChI is InChI=1S/C13H15N3.C8H9ClN2O2/c1-2-11-3-4-13(15-9-11)12-5-7-16(10-14)8-6-12;1-2-13-7-3-8(11-5-12)10-4-6(7)9/h3-5,9H,2,6-8H2,1H3;3-5H,2H2,1H3,(H,10,11,12). The van der Waals surface area contributed by atoms with Crippen LogP contribution in [0.1, 0.15) is 31.5 Å². The molecule has 152 valence electrons. The fourth-order valence-electron chi connectivity index (χ4n) is 2.64. The molecule has 0 fully saturated rings. The molecule has 0 spiro atoms. The SMILES string of the molecule is CCOc1cc(NC=O)ncc1Cl.CCc1ccc(C2=CCN(C#N)CC2)nc1. The number of nitrogens with one attached hydrogen (secondary N) is 1. The number of amides is 1. The van der Waals surface area contributed by atoms with E-state index in [2.05, 4.69) is 46.6 Å². The second kappa shape index (κ2) is 11.7. The lowest BCUT2D eigenvalue weighted by Crippen LogP contribution is -2.23. The summed E-state index contributed by atoms with van der Waals surface area (Å²) in [5.74, 6) is 0.936. The molecule has 1 aliphatic heterocycles. The van der Waals surface area contributed by atoms with Crippen LogP contribution in [0, 0.1) is 11.5 Å². The lowest BCUT2D eigenvalue weighted by Gasteiger charge is -2.20. The van der Waals surface area contributed by atoms with E-state index in [1.807, 2.05) is 13.1 Å². The van der Waals surface area contributed by atoms with Gasteiger partial charge in [-0.15, -0.1) is 0 Å². The second-order valence-electron chi connectivity index (χ2n) is 6.13. The number of carbonyl (C=O) groups is 1. The Morgan fingerprint density at radius 1 is 1.34 bits per heavy atom. The van der Waals surface area contributed by atoms with Crippen LogP contribution in [0.2, 0.25) is 5.02 Å². The molecule has 0 aromatic carbocycles. The highest BCUT2D eigenvalue weighted by molar-refractivity contribution is 6.32. The van der Waals surface area contributed by atoms with Crippen molar-refractivity contribution in [3.8, 4) is 11.9 Å². The van der Waals surface area contributed by atoms with E-state index >= 15 is 0 Å². The number of pyridine rings is 2. The second-order valence-corrected chi connectivity index (χ2v) is 6.53. The number of ether oxygens (including phenoxy) is 1. The first-order chi connectivity index (χ1) is 14.1. The van der Waals surface area contributed by atoms with E-state index in [1.54, 1.807) is 11.0 Å². The zero-order valence-electron chi connectivity index (χ0n) is 16.6. The van der Waals surface area contributed by atoms with Crippen molar-refractivity contribution in [1.29, 1.82) is 5.26 Å². The number of anilines is 1. The van der Waals surface area contributed by atoms with Crippen LogP contribution in [0.25, 0.3) is 5.57 Å². The highest BCUT2D eigenvalue weighted by Gasteiger charge is 2.11. The predicted octanol–water partition coefficient (Wildman–Crippen LogP) is 3.92. The number of rotatable bonds is 6. The largest absolute Gasteiger partial charge is 0.492 e. The summed E-state index contributed by atoms with van der Waals surface area (Å²) in [5.41, 5.74) is 3.57. The summed E-state index contributed by atoms with van der Waals surface area (Å²) in [7, 11) is 0. The van der Waals surface area contributed by atoms with Crippen LogP contribution in [0.4, 0.5) is 5.82 Å². The molecule has 1 amide bonds. The van der Waals surface area contributed by atoms with Crippen LogP contribution in [0.3, 0.4) is 0 Å². The summed E-state index contributed by atoms with van der Waals surface area (Å²) in [5, 5.41) is 11.6. The van der Waals surface area contributed by atoms with Gasteiger partial charge in [-0.05, 0) is 37.0 Å².